The third kappa shape index (κ3) is 4.44. The molecule has 104 valence electrons. The van der Waals surface area contributed by atoms with E-state index in [1.165, 1.54) is 12.8 Å². The molecule has 0 spiro atoms. The largest absolute Gasteiger partial charge is 0.497 e. The lowest BCUT2D eigenvalue weighted by Crippen LogP contribution is -2.16. The molecule has 1 aromatic rings. The molecule has 0 amide bonds. The Bertz CT molecular complexity index is 455. The van der Waals surface area contributed by atoms with Crippen molar-refractivity contribution in [3.63, 3.8) is 0 Å². The van der Waals surface area contributed by atoms with E-state index in [4.69, 9.17) is 21.1 Å². The highest BCUT2D eigenvalue weighted by Gasteiger charge is 2.20. The van der Waals surface area contributed by atoms with Gasteiger partial charge in [-0.1, -0.05) is 17.7 Å². The van der Waals surface area contributed by atoms with E-state index in [1.807, 2.05) is 25.1 Å². The summed E-state index contributed by atoms with van der Waals surface area (Å²) < 4.78 is 11.1. The Morgan fingerprint density at radius 3 is 2.89 bits per heavy atom. The van der Waals surface area contributed by atoms with Gasteiger partial charge in [-0.25, -0.2) is 0 Å². The second-order valence-electron chi connectivity index (χ2n) is 4.87. The molecule has 1 aromatic carbocycles. The van der Waals surface area contributed by atoms with E-state index in [1.54, 1.807) is 12.6 Å². The predicted molar refractivity (Wildman–Crippen MR) is 78.0 cm³/mol. The van der Waals surface area contributed by atoms with Crippen LogP contribution in [0.15, 0.2) is 29.3 Å². The van der Waals surface area contributed by atoms with Crippen LogP contribution in [0.3, 0.4) is 0 Å². The van der Waals surface area contributed by atoms with Crippen molar-refractivity contribution in [3.8, 4) is 11.5 Å². The fraction of sp³-hybridized carbons (Fsp3) is 0.467. The number of hydrogen-bond donors (Lipinski definition) is 1. The fourth-order valence-corrected chi connectivity index (χ4v) is 1.77. The van der Waals surface area contributed by atoms with Gasteiger partial charge in [-0.15, -0.1) is 0 Å². The third-order valence-electron chi connectivity index (χ3n) is 3.07. The smallest absolute Gasteiger partial charge is 0.127 e. The molecule has 0 unspecified atom stereocenters. The summed E-state index contributed by atoms with van der Waals surface area (Å²) in [5.74, 6) is 1.66. The first kappa shape index (κ1) is 14.2. The van der Waals surface area contributed by atoms with Gasteiger partial charge in [0.2, 0.25) is 0 Å². The summed E-state index contributed by atoms with van der Waals surface area (Å²) >= 11 is 5.65. The third-order valence-corrected chi connectivity index (χ3v) is 3.45. The summed E-state index contributed by atoms with van der Waals surface area (Å²) in [5, 5.41) is 3.49. The number of benzene rings is 1. The molecule has 0 aliphatic heterocycles. The summed E-state index contributed by atoms with van der Waals surface area (Å²) in [6.45, 7) is 3.26. The lowest BCUT2D eigenvalue weighted by atomic mass is 10.2. The van der Waals surface area contributed by atoms with E-state index in [9.17, 15) is 0 Å². The van der Waals surface area contributed by atoms with E-state index in [2.05, 4.69) is 5.32 Å². The summed E-state index contributed by atoms with van der Waals surface area (Å²) in [4.78, 5) is 0. The second kappa shape index (κ2) is 6.83. The Labute approximate surface area is 119 Å². The molecular formula is C15H20ClNO2. The molecule has 1 saturated carbocycles. The van der Waals surface area contributed by atoms with Gasteiger partial charge >= 0.3 is 0 Å². The van der Waals surface area contributed by atoms with Gasteiger partial charge in [-0.2, -0.15) is 0 Å². The topological polar surface area (TPSA) is 30.5 Å². The molecular weight excluding hydrogens is 262 g/mol. The van der Waals surface area contributed by atoms with Crippen LogP contribution in [-0.4, -0.2) is 19.8 Å². The maximum atomic E-state index is 5.81. The molecule has 0 radical (unpaired) electrons. The highest BCUT2D eigenvalue weighted by atomic mass is 35.5. The Hall–Kier alpha value is -1.19. The van der Waals surface area contributed by atoms with Gasteiger partial charge in [0, 0.05) is 29.8 Å². The number of ether oxygens (including phenoxy) is 2. The molecule has 0 saturated heterocycles. The summed E-state index contributed by atoms with van der Waals surface area (Å²) in [6.07, 6.45) is 2.56. The standard InChI is InChI=1S/C15H20ClNO2/c1-11(8-16)10-19-15-7-14(18-2)6-3-12(15)9-17-13-4-5-13/h3,6-8,13,17H,4-5,9-10H2,1-2H3/b11-8+. The second-order valence-corrected chi connectivity index (χ2v) is 5.09. The number of rotatable bonds is 7. The van der Waals surface area contributed by atoms with Gasteiger partial charge in [-0.05, 0) is 31.4 Å². The van der Waals surface area contributed by atoms with Gasteiger partial charge in [0.1, 0.15) is 18.1 Å². The van der Waals surface area contributed by atoms with Crippen molar-refractivity contribution in [2.24, 2.45) is 0 Å². The quantitative estimate of drug-likeness (QED) is 0.830. The zero-order valence-corrected chi connectivity index (χ0v) is 12.2. The van der Waals surface area contributed by atoms with Crippen molar-refractivity contribution in [1.82, 2.24) is 5.32 Å². The van der Waals surface area contributed by atoms with Crippen LogP contribution >= 0.6 is 11.6 Å². The number of nitrogens with one attached hydrogen (secondary N) is 1. The Morgan fingerprint density at radius 2 is 2.26 bits per heavy atom. The Morgan fingerprint density at radius 1 is 1.47 bits per heavy atom. The minimum absolute atomic E-state index is 0.493. The van der Waals surface area contributed by atoms with E-state index >= 15 is 0 Å². The number of methoxy groups -OCH3 is 1. The zero-order valence-electron chi connectivity index (χ0n) is 11.4. The van der Waals surface area contributed by atoms with Crippen molar-refractivity contribution in [1.29, 1.82) is 0 Å². The van der Waals surface area contributed by atoms with Gasteiger partial charge in [0.15, 0.2) is 0 Å². The minimum atomic E-state index is 0.493. The van der Waals surface area contributed by atoms with Crippen LogP contribution in [0.25, 0.3) is 0 Å². The van der Waals surface area contributed by atoms with Crippen LogP contribution in [0, 0.1) is 0 Å². The minimum Gasteiger partial charge on any atom is -0.497 e. The predicted octanol–water partition coefficient (Wildman–Crippen LogP) is 3.47. The van der Waals surface area contributed by atoms with Crippen molar-refractivity contribution in [2.45, 2.75) is 32.4 Å². The summed E-state index contributed by atoms with van der Waals surface area (Å²) in [5.41, 5.74) is 3.68. The summed E-state index contributed by atoms with van der Waals surface area (Å²) in [6, 6.07) is 6.61. The van der Waals surface area contributed by atoms with E-state index in [-0.39, 0.29) is 0 Å². The van der Waals surface area contributed by atoms with Crippen molar-refractivity contribution in [3.05, 3.63) is 34.9 Å². The molecule has 2 rings (SSSR count). The Kier molecular flexibility index (Phi) is 5.11. The first-order valence-corrected chi connectivity index (χ1v) is 6.95. The molecule has 0 aromatic heterocycles. The van der Waals surface area contributed by atoms with Crippen LogP contribution in [0.5, 0.6) is 11.5 Å². The van der Waals surface area contributed by atoms with Gasteiger partial charge in [0.25, 0.3) is 0 Å². The normalized spacial score (nSPS) is 15.4. The summed E-state index contributed by atoms with van der Waals surface area (Å²) in [7, 11) is 1.66. The van der Waals surface area contributed by atoms with Crippen molar-refractivity contribution >= 4 is 11.6 Å². The van der Waals surface area contributed by atoms with E-state index < -0.39 is 0 Å². The van der Waals surface area contributed by atoms with Crippen LogP contribution in [-0.2, 0) is 6.54 Å². The molecule has 4 heteroatoms. The molecule has 0 heterocycles. The lowest BCUT2D eigenvalue weighted by Gasteiger charge is -2.13. The highest BCUT2D eigenvalue weighted by molar-refractivity contribution is 6.25. The molecule has 0 atom stereocenters. The fourth-order valence-electron chi connectivity index (χ4n) is 1.71. The first-order chi connectivity index (χ1) is 9.22. The van der Waals surface area contributed by atoms with E-state index in [0.29, 0.717) is 12.6 Å². The first-order valence-electron chi connectivity index (χ1n) is 6.52. The molecule has 1 N–H and O–H groups in total. The van der Waals surface area contributed by atoms with Crippen LogP contribution < -0.4 is 14.8 Å². The highest BCUT2D eigenvalue weighted by Crippen LogP contribution is 2.27. The maximum Gasteiger partial charge on any atom is 0.127 e. The number of halogens is 1. The van der Waals surface area contributed by atoms with Crippen LogP contribution in [0.2, 0.25) is 0 Å². The van der Waals surface area contributed by atoms with Crippen LogP contribution in [0.4, 0.5) is 0 Å². The average molecular weight is 282 g/mol. The van der Waals surface area contributed by atoms with E-state index in [0.717, 1.165) is 29.2 Å². The monoisotopic (exact) mass is 281 g/mol. The number of hydrogen-bond acceptors (Lipinski definition) is 3. The molecule has 3 nitrogen and oxygen atoms in total. The molecule has 0 bridgehead atoms. The van der Waals surface area contributed by atoms with Crippen LogP contribution in [0.1, 0.15) is 25.3 Å². The lowest BCUT2D eigenvalue weighted by molar-refractivity contribution is 0.342. The molecule has 19 heavy (non-hydrogen) atoms. The van der Waals surface area contributed by atoms with Crippen molar-refractivity contribution < 1.29 is 9.47 Å². The Balaban J connectivity index is 2.05. The SMILES string of the molecule is COc1ccc(CNC2CC2)c(OC/C(C)=C/Cl)c1. The molecule has 1 fully saturated rings. The van der Waals surface area contributed by atoms with Gasteiger partial charge in [0.05, 0.1) is 7.11 Å². The van der Waals surface area contributed by atoms with Gasteiger partial charge in [-0.3, -0.25) is 0 Å². The molecule has 1 aliphatic rings. The average Bonchev–Trinajstić information content (AvgIpc) is 3.26. The van der Waals surface area contributed by atoms with Gasteiger partial charge < -0.3 is 14.8 Å². The maximum absolute atomic E-state index is 5.81. The van der Waals surface area contributed by atoms with Crippen molar-refractivity contribution in [2.75, 3.05) is 13.7 Å². The zero-order chi connectivity index (χ0) is 13.7. The molecule has 1 aliphatic carbocycles.